The maximum absolute atomic E-state index is 13.3. The van der Waals surface area contributed by atoms with Crippen molar-refractivity contribution in [2.45, 2.75) is 57.7 Å². The van der Waals surface area contributed by atoms with E-state index in [9.17, 15) is 9.59 Å². The van der Waals surface area contributed by atoms with Gasteiger partial charge in [-0.1, -0.05) is 87.1 Å². The Morgan fingerprint density at radius 3 is 2.33 bits per heavy atom. The number of rotatable bonds is 7. The van der Waals surface area contributed by atoms with E-state index < -0.39 is 0 Å². The van der Waals surface area contributed by atoms with Crippen LogP contribution in [0.15, 0.2) is 84.0 Å². The lowest BCUT2D eigenvalue weighted by atomic mass is 9.86. The van der Waals surface area contributed by atoms with Gasteiger partial charge in [0.1, 0.15) is 5.82 Å². The molecule has 1 atom stereocenters. The molecule has 0 saturated carbocycles. The Morgan fingerprint density at radius 2 is 1.67 bits per heavy atom. The van der Waals surface area contributed by atoms with Crippen LogP contribution >= 0.6 is 11.8 Å². The van der Waals surface area contributed by atoms with Gasteiger partial charge in [0, 0.05) is 43.3 Å². The number of piperazine rings is 1. The molecule has 2 heterocycles. The highest BCUT2D eigenvalue weighted by Crippen LogP contribution is 2.26. The summed E-state index contributed by atoms with van der Waals surface area (Å²) in [6.07, 6.45) is 0.642. The van der Waals surface area contributed by atoms with Gasteiger partial charge in [0.15, 0.2) is 5.16 Å². The average Bonchev–Trinajstić information content (AvgIpc) is 3.37. The van der Waals surface area contributed by atoms with E-state index in [4.69, 9.17) is 0 Å². The second-order valence-corrected chi connectivity index (χ2v) is 13.0. The number of carbonyl (C=O) groups is 2. The summed E-state index contributed by atoms with van der Waals surface area (Å²) in [7, 11) is 0. The number of thioether (sulfide) groups is 1. The third kappa shape index (κ3) is 6.76. The first kappa shape index (κ1) is 29.6. The molecule has 0 N–H and O–H groups in total. The minimum atomic E-state index is -0.0732. The first-order chi connectivity index (χ1) is 20.1. The minimum Gasteiger partial charge on any atom is -0.338 e. The number of benzene rings is 3. The van der Waals surface area contributed by atoms with Crippen LogP contribution in [-0.4, -0.2) is 67.8 Å². The van der Waals surface area contributed by atoms with E-state index in [1.54, 1.807) is 0 Å². The highest BCUT2D eigenvalue weighted by molar-refractivity contribution is 7.99. The van der Waals surface area contributed by atoms with Crippen LogP contribution in [0, 0.1) is 6.92 Å². The fraction of sp³-hybridized carbons (Fsp3) is 0.353. The van der Waals surface area contributed by atoms with Crippen molar-refractivity contribution in [2.24, 2.45) is 0 Å². The topological polar surface area (TPSA) is 71.3 Å². The Balaban J connectivity index is 1.24. The minimum absolute atomic E-state index is 0.0154. The van der Waals surface area contributed by atoms with Gasteiger partial charge in [-0.2, -0.15) is 0 Å². The summed E-state index contributed by atoms with van der Waals surface area (Å²) in [4.78, 5) is 30.4. The Morgan fingerprint density at radius 1 is 0.929 bits per heavy atom. The molecule has 8 heteroatoms. The van der Waals surface area contributed by atoms with Crippen LogP contribution < -0.4 is 0 Å². The lowest BCUT2D eigenvalue weighted by molar-refractivity contribution is -0.130. The van der Waals surface area contributed by atoms with Crippen molar-refractivity contribution in [1.82, 2.24) is 24.6 Å². The number of hydrogen-bond donors (Lipinski definition) is 0. The molecule has 0 aliphatic carbocycles. The summed E-state index contributed by atoms with van der Waals surface area (Å²) >= 11 is 1.41. The van der Waals surface area contributed by atoms with E-state index in [0.717, 1.165) is 22.6 Å². The van der Waals surface area contributed by atoms with Crippen LogP contribution in [0.3, 0.4) is 0 Å². The molecule has 3 aromatic carbocycles. The van der Waals surface area contributed by atoms with Gasteiger partial charge in [-0.15, -0.1) is 10.2 Å². The summed E-state index contributed by atoms with van der Waals surface area (Å²) in [5.74, 6) is 1.14. The first-order valence-corrected chi connectivity index (χ1v) is 15.5. The molecule has 2 amide bonds. The van der Waals surface area contributed by atoms with E-state index in [-0.39, 0.29) is 29.0 Å². The normalized spacial score (nSPS) is 15.6. The third-order valence-corrected chi connectivity index (χ3v) is 8.64. The molecule has 0 radical (unpaired) electrons. The van der Waals surface area contributed by atoms with Crippen molar-refractivity contribution in [2.75, 3.05) is 25.4 Å². The van der Waals surface area contributed by atoms with Crippen molar-refractivity contribution in [3.63, 3.8) is 0 Å². The fourth-order valence-corrected chi connectivity index (χ4v) is 6.17. The molecular formula is C34H39N5O2S. The SMILES string of the molecule is Cc1cccc(-n2c(Cc3ccccc3)nnc2SCC(=O)N2CCN(C(=O)c3ccc(C(C)(C)C)cc3)C(C)C2)c1. The predicted molar refractivity (Wildman–Crippen MR) is 168 cm³/mol. The molecule has 42 heavy (non-hydrogen) atoms. The quantitative estimate of drug-likeness (QED) is 0.253. The zero-order chi connectivity index (χ0) is 29.9. The maximum Gasteiger partial charge on any atom is 0.254 e. The summed E-state index contributed by atoms with van der Waals surface area (Å²) in [5.41, 5.74) is 5.20. The number of amides is 2. The largest absolute Gasteiger partial charge is 0.338 e. The molecule has 7 nitrogen and oxygen atoms in total. The van der Waals surface area contributed by atoms with Gasteiger partial charge in [0.05, 0.1) is 5.75 Å². The van der Waals surface area contributed by atoms with Crippen LogP contribution in [0.2, 0.25) is 0 Å². The van der Waals surface area contributed by atoms with Gasteiger partial charge in [0.2, 0.25) is 5.91 Å². The van der Waals surface area contributed by atoms with E-state index in [2.05, 4.69) is 66.7 Å². The van der Waals surface area contributed by atoms with Gasteiger partial charge >= 0.3 is 0 Å². The average molecular weight is 582 g/mol. The van der Waals surface area contributed by atoms with E-state index in [0.29, 0.717) is 36.8 Å². The summed E-state index contributed by atoms with van der Waals surface area (Å²) in [5, 5.41) is 9.71. The number of aryl methyl sites for hydroxylation is 1. The molecular weight excluding hydrogens is 542 g/mol. The molecule has 0 spiro atoms. The standard InChI is InChI=1S/C34H39N5O2S/c1-24-10-9-13-29(20-24)39-30(21-26-11-7-6-8-12-26)35-36-33(39)42-23-31(40)37-18-19-38(25(2)22-37)32(41)27-14-16-28(17-15-27)34(3,4)5/h6-17,20,25H,18-19,21-23H2,1-5H3. The number of aromatic nitrogens is 3. The Kier molecular flexibility index (Phi) is 8.82. The molecule has 4 aromatic rings. The Labute approximate surface area is 252 Å². The maximum atomic E-state index is 13.3. The zero-order valence-electron chi connectivity index (χ0n) is 25.1. The highest BCUT2D eigenvalue weighted by atomic mass is 32.2. The van der Waals surface area contributed by atoms with Gasteiger partial charge in [-0.25, -0.2) is 0 Å². The van der Waals surface area contributed by atoms with Crippen LogP contribution in [0.25, 0.3) is 5.69 Å². The first-order valence-electron chi connectivity index (χ1n) is 14.5. The second kappa shape index (κ2) is 12.5. The fourth-order valence-electron chi connectivity index (χ4n) is 5.30. The lowest BCUT2D eigenvalue weighted by Gasteiger charge is -2.40. The van der Waals surface area contributed by atoms with Crippen molar-refractivity contribution in [3.8, 4) is 5.69 Å². The second-order valence-electron chi connectivity index (χ2n) is 12.0. The molecule has 218 valence electrons. The summed E-state index contributed by atoms with van der Waals surface area (Å²) < 4.78 is 2.06. The highest BCUT2D eigenvalue weighted by Gasteiger charge is 2.31. The predicted octanol–water partition coefficient (Wildman–Crippen LogP) is 5.93. The monoisotopic (exact) mass is 581 g/mol. The molecule has 1 aliphatic heterocycles. The van der Waals surface area contributed by atoms with Gasteiger partial charge in [-0.05, 0) is 60.2 Å². The zero-order valence-corrected chi connectivity index (χ0v) is 25.9. The number of nitrogens with zero attached hydrogens (tertiary/aromatic N) is 5. The molecule has 1 saturated heterocycles. The van der Waals surface area contributed by atoms with Gasteiger partial charge in [-0.3, -0.25) is 14.2 Å². The number of carbonyl (C=O) groups excluding carboxylic acids is 2. The van der Waals surface area contributed by atoms with E-state index in [1.165, 1.54) is 17.3 Å². The van der Waals surface area contributed by atoms with Crippen LogP contribution in [0.1, 0.15) is 60.6 Å². The van der Waals surface area contributed by atoms with Crippen LogP contribution in [0.5, 0.6) is 0 Å². The van der Waals surface area contributed by atoms with Crippen molar-refractivity contribution >= 4 is 23.6 Å². The molecule has 5 rings (SSSR count). The smallest absolute Gasteiger partial charge is 0.254 e. The Hall–Kier alpha value is -3.91. The van der Waals surface area contributed by atoms with Gasteiger partial charge in [0.25, 0.3) is 5.91 Å². The molecule has 1 unspecified atom stereocenters. The molecule has 0 bridgehead atoms. The van der Waals surface area contributed by atoms with Gasteiger partial charge < -0.3 is 9.80 Å². The Bertz CT molecular complexity index is 1540. The van der Waals surface area contributed by atoms with Crippen LogP contribution in [-0.2, 0) is 16.6 Å². The third-order valence-electron chi connectivity index (χ3n) is 7.73. The molecule has 1 fully saturated rings. The number of hydrogen-bond acceptors (Lipinski definition) is 5. The molecule has 1 aliphatic rings. The molecule has 1 aromatic heterocycles. The summed E-state index contributed by atoms with van der Waals surface area (Å²) in [6.45, 7) is 12.1. The van der Waals surface area contributed by atoms with Crippen molar-refractivity contribution in [3.05, 3.63) is 107 Å². The van der Waals surface area contributed by atoms with Crippen molar-refractivity contribution < 1.29 is 9.59 Å². The van der Waals surface area contributed by atoms with Crippen LogP contribution in [0.4, 0.5) is 0 Å². The lowest BCUT2D eigenvalue weighted by Crippen LogP contribution is -2.55. The summed E-state index contributed by atoms with van der Waals surface area (Å²) in [6, 6.07) is 26.3. The van der Waals surface area contributed by atoms with E-state index in [1.807, 2.05) is 71.3 Å². The van der Waals surface area contributed by atoms with E-state index >= 15 is 0 Å². The van der Waals surface area contributed by atoms with Crippen molar-refractivity contribution in [1.29, 1.82) is 0 Å².